The summed E-state index contributed by atoms with van der Waals surface area (Å²) in [6.45, 7) is 0.380. The second-order valence-electron chi connectivity index (χ2n) is 5.88. The Labute approximate surface area is 159 Å². The third-order valence-electron chi connectivity index (χ3n) is 4.02. The maximum atomic E-state index is 12.2. The Kier molecular flexibility index (Phi) is 4.60. The Morgan fingerprint density at radius 2 is 1.81 bits per heavy atom. The molecule has 7 nitrogen and oxygen atoms in total. The van der Waals surface area contributed by atoms with E-state index in [1.807, 2.05) is 12.1 Å². The summed E-state index contributed by atoms with van der Waals surface area (Å²) in [7, 11) is 1.59. The van der Waals surface area contributed by atoms with Crippen molar-refractivity contribution in [2.45, 2.75) is 6.42 Å². The lowest BCUT2D eigenvalue weighted by Crippen LogP contribution is -2.20. The Hall–Kier alpha value is -3.19. The molecule has 27 heavy (non-hydrogen) atoms. The number of aromatic nitrogens is 4. The standard InChI is InChI=1S/C19H15ClN4O3/c1-24-19(25)15-5-3-2-4-14(15)17(23-24)18-22-21-16(27-18)10-11-26-13-8-6-12(20)7-9-13/h2-9H,10-11H2,1H3. The average Bonchev–Trinajstić information content (AvgIpc) is 3.15. The van der Waals surface area contributed by atoms with Crippen LogP contribution < -0.4 is 10.3 Å². The zero-order valence-corrected chi connectivity index (χ0v) is 15.2. The fourth-order valence-corrected chi connectivity index (χ4v) is 2.82. The van der Waals surface area contributed by atoms with E-state index in [0.29, 0.717) is 46.2 Å². The molecule has 136 valence electrons. The molecule has 0 bridgehead atoms. The van der Waals surface area contributed by atoms with E-state index in [1.165, 1.54) is 4.68 Å². The predicted molar refractivity (Wildman–Crippen MR) is 101 cm³/mol. The number of hydrogen-bond donors (Lipinski definition) is 0. The minimum atomic E-state index is -0.176. The largest absolute Gasteiger partial charge is 0.493 e. The van der Waals surface area contributed by atoms with Crippen LogP contribution in [0.1, 0.15) is 5.89 Å². The van der Waals surface area contributed by atoms with Gasteiger partial charge in [-0.3, -0.25) is 4.79 Å². The first kappa shape index (κ1) is 17.2. The van der Waals surface area contributed by atoms with Crippen molar-refractivity contribution < 1.29 is 9.15 Å². The number of aryl methyl sites for hydroxylation is 1. The van der Waals surface area contributed by atoms with Crippen molar-refractivity contribution in [2.24, 2.45) is 7.05 Å². The van der Waals surface area contributed by atoms with Gasteiger partial charge in [0, 0.05) is 17.5 Å². The summed E-state index contributed by atoms with van der Waals surface area (Å²) in [4.78, 5) is 12.2. The first-order chi connectivity index (χ1) is 13.1. The van der Waals surface area contributed by atoms with Crippen LogP contribution in [0.5, 0.6) is 5.75 Å². The molecule has 0 saturated carbocycles. The van der Waals surface area contributed by atoms with Crippen molar-refractivity contribution >= 4 is 22.4 Å². The summed E-state index contributed by atoms with van der Waals surface area (Å²) in [5.41, 5.74) is 0.301. The Bertz CT molecular complexity index is 1150. The lowest BCUT2D eigenvalue weighted by atomic mass is 10.1. The summed E-state index contributed by atoms with van der Waals surface area (Å²) in [5, 5.41) is 14.3. The highest BCUT2D eigenvalue weighted by Gasteiger charge is 2.16. The molecule has 4 rings (SSSR count). The summed E-state index contributed by atoms with van der Waals surface area (Å²) in [5.74, 6) is 1.41. The van der Waals surface area contributed by atoms with E-state index < -0.39 is 0 Å². The Morgan fingerprint density at radius 3 is 2.59 bits per heavy atom. The van der Waals surface area contributed by atoms with Crippen LogP contribution in [0, 0.1) is 0 Å². The van der Waals surface area contributed by atoms with Gasteiger partial charge in [-0.2, -0.15) is 5.10 Å². The molecule has 0 aliphatic heterocycles. The fourth-order valence-electron chi connectivity index (χ4n) is 2.70. The monoisotopic (exact) mass is 382 g/mol. The average molecular weight is 383 g/mol. The summed E-state index contributed by atoms with van der Waals surface area (Å²) >= 11 is 5.85. The van der Waals surface area contributed by atoms with Crippen molar-refractivity contribution in [1.82, 2.24) is 20.0 Å². The number of fused-ring (bicyclic) bond motifs is 1. The minimum Gasteiger partial charge on any atom is -0.493 e. The lowest BCUT2D eigenvalue weighted by molar-refractivity contribution is 0.307. The molecule has 8 heteroatoms. The minimum absolute atomic E-state index is 0.176. The molecule has 0 saturated heterocycles. The van der Waals surface area contributed by atoms with Gasteiger partial charge < -0.3 is 9.15 Å². The van der Waals surface area contributed by atoms with E-state index in [4.69, 9.17) is 20.8 Å². The molecule has 0 aliphatic carbocycles. The third-order valence-corrected chi connectivity index (χ3v) is 4.28. The van der Waals surface area contributed by atoms with Crippen LogP contribution in [-0.2, 0) is 13.5 Å². The number of nitrogens with zero attached hydrogens (tertiary/aromatic N) is 4. The van der Waals surface area contributed by atoms with E-state index in [-0.39, 0.29) is 11.4 Å². The van der Waals surface area contributed by atoms with Crippen molar-refractivity contribution in [3.63, 3.8) is 0 Å². The smallest absolute Gasteiger partial charge is 0.274 e. The normalized spacial score (nSPS) is 11.0. The number of hydrogen-bond acceptors (Lipinski definition) is 6. The van der Waals surface area contributed by atoms with Crippen molar-refractivity contribution in [3.05, 3.63) is 69.8 Å². The van der Waals surface area contributed by atoms with Crippen LogP contribution in [0.25, 0.3) is 22.4 Å². The first-order valence-corrected chi connectivity index (χ1v) is 8.67. The number of halogens is 1. The van der Waals surface area contributed by atoms with Crippen LogP contribution in [0.2, 0.25) is 5.02 Å². The van der Waals surface area contributed by atoms with Gasteiger partial charge in [0.05, 0.1) is 18.4 Å². The fraction of sp³-hybridized carbons (Fsp3) is 0.158. The quantitative estimate of drug-likeness (QED) is 0.527. The molecular weight excluding hydrogens is 368 g/mol. The molecule has 0 radical (unpaired) electrons. The molecule has 0 spiro atoms. The van der Waals surface area contributed by atoms with Crippen molar-refractivity contribution in [3.8, 4) is 17.3 Å². The van der Waals surface area contributed by atoms with Gasteiger partial charge in [-0.25, -0.2) is 4.68 Å². The topological polar surface area (TPSA) is 83.0 Å². The van der Waals surface area contributed by atoms with Crippen LogP contribution in [0.3, 0.4) is 0 Å². The zero-order valence-electron chi connectivity index (χ0n) is 14.4. The van der Waals surface area contributed by atoms with Gasteiger partial charge in [0.1, 0.15) is 5.75 Å². The van der Waals surface area contributed by atoms with E-state index in [2.05, 4.69) is 15.3 Å². The third kappa shape index (κ3) is 3.54. The SMILES string of the molecule is Cn1nc(-c2nnc(CCOc3ccc(Cl)cc3)o2)c2ccccc2c1=O. The van der Waals surface area contributed by atoms with Gasteiger partial charge in [-0.1, -0.05) is 29.8 Å². The molecule has 4 aromatic rings. The van der Waals surface area contributed by atoms with Crippen LogP contribution >= 0.6 is 11.6 Å². The Morgan fingerprint density at radius 1 is 1.07 bits per heavy atom. The lowest BCUT2D eigenvalue weighted by Gasteiger charge is -2.05. The van der Waals surface area contributed by atoms with E-state index in [1.54, 1.807) is 43.4 Å². The molecular formula is C19H15ClN4O3. The van der Waals surface area contributed by atoms with Gasteiger partial charge in [-0.05, 0) is 30.3 Å². The summed E-state index contributed by atoms with van der Waals surface area (Å²) in [6, 6.07) is 14.3. The molecule has 0 aliphatic rings. The first-order valence-electron chi connectivity index (χ1n) is 8.29. The van der Waals surface area contributed by atoms with E-state index in [9.17, 15) is 4.79 Å². The zero-order chi connectivity index (χ0) is 18.8. The van der Waals surface area contributed by atoms with Gasteiger partial charge >= 0.3 is 0 Å². The number of ether oxygens (including phenoxy) is 1. The predicted octanol–water partition coefficient (Wildman–Crippen LogP) is 3.26. The highest BCUT2D eigenvalue weighted by Crippen LogP contribution is 2.23. The molecule has 0 amide bonds. The Balaban J connectivity index is 1.54. The molecule has 0 N–H and O–H groups in total. The van der Waals surface area contributed by atoms with Crippen molar-refractivity contribution in [1.29, 1.82) is 0 Å². The summed E-state index contributed by atoms with van der Waals surface area (Å²) < 4.78 is 12.6. The molecule has 2 heterocycles. The van der Waals surface area contributed by atoms with Gasteiger partial charge in [0.15, 0.2) is 5.69 Å². The number of benzene rings is 2. The second kappa shape index (κ2) is 7.20. The van der Waals surface area contributed by atoms with E-state index >= 15 is 0 Å². The molecule has 2 aromatic carbocycles. The number of rotatable bonds is 5. The highest BCUT2D eigenvalue weighted by molar-refractivity contribution is 6.30. The van der Waals surface area contributed by atoms with Crippen LogP contribution in [0.4, 0.5) is 0 Å². The van der Waals surface area contributed by atoms with Gasteiger partial charge in [0.2, 0.25) is 5.89 Å². The van der Waals surface area contributed by atoms with E-state index in [0.717, 1.165) is 0 Å². The van der Waals surface area contributed by atoms with Gasteiger partial charge in [0.25, 0.3) is 11.4 Å². The van der Waals surface area contributed by atoms with Crippen LogP contribution in [0.15, 0.2) is 57.7 Å². The maximum absolute atomic E-state index is 12.2. The highest BCUT2D eigenvalue weighted by atomic mass is 35.5. The van der Waals surface area contributed by atoms with Crippen molar-refractivity contribution in [2.75, 3.05) is 6.61 Å². The molecule has 2 aromatic heterocycles. The van der Waals surface area contributed by atoms with Crippen LogP contribution in [-0.4, -0.2) is 26.6 Å². The second-order valence-corrected chi connectivity index (χ2v) is 6.31. The molecule has 0 atom stereocenters. The summed E-state index contributed by atoms with van der Waals surface area (Å²) in [6.07, 6.45) is 0.444. The molecule has 0 fully saturated rings. The maximum Gasteiger partial charge on any atom is 0.274 e. The van der Waals surface area contributed by atoms with Gasteiger partial charge in [-0.15, -0.1) is 10.2 Å². The molecule has 0 unspecified atom stereocenters.